The number of aromatic nitrogens is 1. The van der Waals surface area contributed by atoms with Crippen LogP contribution in [0.25, 0.3) is 5.52 Å². The molecular formula is C11H8N2O. The lowest BCUT2D eigenvalue weighted by atomic mass is 10.2. The largest absolute Gasteiger partial charge is 0.366 e. The van der Waals surface area contributed by atoms with Crippen LogP contribution in [0.4, 0.5) is 0 Å². The Hall–Kier alpha value is -2.21. The number of fused-ring (bicyclic) bond motifs is 1. The Labute approximate surface area is 81.1 Å². The van der Waals surface area contributed by atoms with Crippen LogP contribution in [0.1, 0.15) is 16.1 Å². The minimum Gasteiger partial charge on any atom is -0.366 e. The van der Waals surface area contributed by atoms with Gasteiger partial charge in [0, 0.05) is 11.7 Å². The summed E-state index contributed by atoms with van der Waals surface area (Å²) < 4.78 is 1.76. The van der Waals surface area contributed by atoms with Crippen molar-refractivity contribution in [2.75, 3.05) is 0 Å². The fourth-order valence-corrected chi connectivity index (χ4v) is 1.36. The highest BCUT2D eigenvalue weighted by molar-refractivity contribution is 5.92. The van der Waals surface area contributed by atoms with Crippen LogP contribution in [0.2, 0.25) is 0 Å². The van der Waals surface area contributed by atoms with Crippen LogP contribution in [0.15, 0.2) is 30.5 Å². The minimum absolute atomic E-state index is 0.449. The topological polar surface area (TPSA) is 47.5 Å². The summed E-state index contributed by atoms with van der Waals surface area (Å²) in [6.45, 7) is 0. The molecule has 2 N–H and O–H groups in total. The maximum absolute atomic E-state index is 10.9. The van der Waals surface area contributed by atoms with E-state index in [9.17, 15) is 4.79 Å². The minimum atomic E-state index is -0.455. The molecule has 14 heavy (non-hydrogen) atoms. The maximum atomic E-state index is 10.9. The van der Waals surface area contributed by atoms with Crippen molar-refractivity contribution in [2.24, 2.45) is 5.73 Å². The van der Waals surface area contributed by atoms with Gasteiger partial charge in [0.1, 0.15) is 0 Å². The van der Waals surface area contributed by atoms with Crippen molar-refractivity contribution < 1.29 is 4.79 Å². The van der Waals surface area contributed by atoms with Crippen molar-refractivity contribution in [3.63, 3.8) is 0 Å². The molecule has 0 radical (unpaired) electrons. The van der Waals surface area contributed by atoms with Crippen molar-refractivity contribution in [3.05, 3.63) is 41.7 Å². The molecule has 1 amide bonds. The zero-order valence-corrected chi connectivity index (χ0v) is 7.40. The van der Waals surface area contributed by atoms with Gasteiger partial charge in [-0.3, -0.25) is 4.79 Å². The molecule has 2 aromatic heterocycles. The molecule has 68 valence electrons. The average Bonchev–Trinajstić information content (AvgIpc) is 2.59. The highest BCUT2D eigenvalue weighted by Gasteiger charge is 2.03. The highest BCUT2D eigenvalue weighted by Crippen LogP contribution is 2.10. The van der Waals surface area contributed by atoms with E-state index in [4.69, 9.17) is 12.2 Å². The van der Waals surface area contributed by atoms with Crippen molar-refractivity contribution in [1.82, 2.24) is 4.40 Å². The zero-order valence-electron chi connectivity index (χ0n) is 7.40. The van der Waals surface area contributed by atoms with E-state index in [0.717, 1.165) is 5.52 Å². The Morgan fingerprint density at radius 3 is 2.71 bits per heavy atom. The Bertz CT molecular complexity index is 546. The fourth-order valence-electron chi connectivity index (χ4n) is 1.36. The van der Waals surface area contributed by atoms with Crippen LogP contribution in [-0.4, -0.2) is 10.3 Å². The van der Waals surface area contributed by atoms with E-state index >= 15 is 0 Å². The smallest absolute Gasteiger partial charge is 0.250 e. The molecule has 3 nitrogen and oxygen atoms in total. The summed E-state index contributed by atoms with van der Waals surface area (Å²) in [5.74, 6) is 2.07. The predicted molar refractivity (Wildman–Crippen MR) is 53.8 cm³/mol. The molecule has 0 spiro atoms. The lowest BCUT2D eigenvalue weighted by Crippen LogP contribution is -2.11. The summed E-state index contributed by atoms with van der Waals surface area (Å²) in [6.07, 6.45) is 6.95. The number of terminal acetylenes is 1. The summed E-state index contributed by atoms with van der Waals surface area (Å²) in [7, 11) is 0. The SMILES string of the molecule is C#Cc1ccc2ccc(C(N)=O)cn12. The van der Waals surface area contributed by atoms with Crippen LogP contribution in [0.5, 0.6) is 0 Å². The van der Waals surface area contributed by atoms with E-state index in [2.05, 4.69) is 5.92 Å². The van der Waals surface area contributed by atoms with Crippen LogP contribution < -0.4 is 5.73 Å². The lowest BCUT2D eigenvalue weighted by Gasteiger charge is -1.99. The molecule has 0 aliphatic rings. The van der Waals surface area contributed by atoms with Gasteiger partial charge in [-0.15, -0.1) is 6.42 Å². The van der Waals surface area contributed by atoms with Gasteiger partial charge in [-0.1, -0.05) is 5.92 Å². The van der Waals surface area contributed by atoms with Crippen molar-refractivity contribution in [1.29, 1.82) is 0 Å². The molecule has 0 aliphatic carbocycles. The molecule has 0 bridgehead atoms. The Morgan fingerprint density at radius 1 is 1.36 bits per heavy atom. The molecule has 2 heterocycles. The third-order valence-corrected chi connectivity index (χ3v) is 2.08. The van der Waals surface area contributed by atoms with E-state index in [1.54, 1.807) is 22.7 Å². The number of pyridine rings is 1. The Kier molecular flexibility index (Phi) is 1.76. The molecule has 0 atom stereocenters. The second-order valence-electron chi connectivity index (χ2n) is 2.94. The first-order chi connectivity index (χ1) is 6.72. The first kappa shape index (κ1) is 8.39. The normalized spacial score (nSPS) is 9.93. The summed E-state index contributed by atoms with van der Waals surface area (Å²) in [4.78, 5) is 10.9. The summed E-state index contributed by atoms with van der Waals surface area (Å²) >= 11 is 0. The molecule has 3 heteroatoms. The van der Waals surface area contributed by atoms with Crippen LogP contribution in [0, 0.1) is 12.3 Å². The fraction of sp³-hybridized carbons (Fsp3) is 0. The predicted octanol–water partition coefficient (Wildman–Crippen LogP) is 1.02. The standard InChI is InChI=1S/C11H8N2O/c1-2-9-5-6-10-4-3-8(11(12)14)7-13(9)10/h1,3-7H,(H2,12,14). The Morgan fingerprint density at radius 2 is 2.07 bits per heavy atom. The molecule has 2 rings (SSSR count). The van der Waals surface area contributed by atoms with Gasteiger partial charge in [-0.25, -0.2) is 0 Å². The number of nitrogens with two attached hydrogens (primary N) is 1. The molecule has 0 fully saturated rings. The van der Waals surface area contributed by atoms with Crippen molar-refractivity contribution in [2.45, 2.75) is 0 Å². The number of rotatable bonds is 1. The van der Waals surface area contributed by atoms with Gasteiger partial charge in [-0.05, 0) is 24.3 Å². The second-order valence-corrected chi connectivity index (χ2v) is 2.94. The number of nitrogens with zero attached hydrogens (tertiary/aromatic N) is 1. The summed E-state index contributed by atoms with van der Waals surface area (Å²) in [5, 5.41) is 0. The van der Waals surface area contributed by atoms with Gasteiger partial charge >= 0.3 is 0 Å². The second kappa shape index (κ2) is 2.93. The summed E-state index contributed by atoms with van der Waals surface area (Å²) in [5.41, 5.74) is 7.27. The molecular weight excluding hydrogens is 176 g/mol. The quantitative estimate of drug-likeness (QED) is 0.661. The molecule has 0 aromatic carbocycles. The van der Waals surface area contributed by atoms with Crippen molar-refractivity contribution in [3.8, 4) is 12.3 Å². The zero-order chi connectivity index (χ0) is 10.1. The maximum Gasteiger partial charge on any atom is 0.250 e. The lowest BCUT2D eigenvalue weighted by molar-refractivity contribution is 0.1000. The monoisotopic (exact) mass is 184 g/mol. The highest BCUT2D eigenvalue weighted by atomic mass is 16.1. The number of hydrogen-bond donors (Lipinski definition) is 1. The number of carbonyl (C=O) groups is 1. The number of amides is 1. The van der Waals surface area contributed by atoms with Gasteiger partial charge in [0.2, 0.25) is 5.91 Å². The Balaban J connectivity index is 2.75. The van der Waals surface area contributed by atoms with Crippen LogP contribution in [-0.2, 0) is 0 Å². The van der Waals surface area contributed by atoms with Gasteiger partial charge in [0.05, 0.1) is 11.3 Å². The molecule has 0 unspecified atom stereocenters. The van der Waals surface area contributed by atoms with Crippen molar-refractivity contribution >= 4 is 11.4 Å². The van der Waals surface area contributed by atoms with Crippen LogP contribution >= 0.6 is 0 Å². The third kappa shape index (κ3) is 1.14. The molecule has 0 aliphatic heterocycles. The van der Waals surface area contributed by atoms with Gasteiger partial charge in [0.25, 0.3) is 0 Å². The van der Waals surface area contributed by atoms with Gasteiger partial charge < -0.3 is 10.1 Å². The summed E-state index contributed by atoms with van der Waals surface area (Å²) in [6, 6.07) is 7.19. The first-order valence-electron chi connectivity index (χ1n) is 4.10. The van der Waals surface area contributed by atoms with Gasteiger partial charge in [0.15, 0.2) is 0 Å². The van der Waals surface area contributed by atoms with E-state index in [0.29, 0.717) is 11.3 Å². The van der Waals surface area contributed by atoms with E-state index < -0.39 is 5.91 Å². The molecule has 0 saturated heterocycles. The average molecular weight is 184 g/mol. The van der Waals surface area contributed by atoms with Gasteiger partial charge in [-0.2, -0.15) is 0 Å². The number of hydrogen-bond acceptors (Lipinski definition) is 1. The van der Waals surface area contributed by atoms with E-state index in [1.807, 2.05) is 12.1 Å². The number of primary amides is 1. The molecule has 0 saturated carbocycles. The molecule has 2 aromatic rings. The van der Waals surface area contributed by atoms with E-state index in [1.165, 1.54) is 0 Å². The number of carbonyl (C=O) groups excluding carboxylic acids is 1. The van der Waals surface area contributed by atoms with E-state index in [-0.39, 0.29) is 0 Å². The van der Waals surface area contributed by atoms with Crippen LogP contribution in [0.3, 0.4) is 0 Å². The first-order valence-corrected chi connectivity index (χ1v) is 4.10. The third-order valence-electron chi connectivity index (χ3n) is 2.08.